The number of hydrogen-bond acceptors (Lipinski definition) is 3. The van der Waals surface area contributed by atoms with Crippen LogP contribution in [0.4, 0.5) is 4.39 Å². The molecule has 142 valence electrons. The van der Waals surface area contributed by atoms with Crippen LogP contribution in [0.2, 0.25) is 5.02 Å². The molecule has 1 atom stereocenters. The number of oxime groups is 1. The second kappa shape index (κ2) is 8.53. The predicted molar refractivity (Wildman–Crippen MR) is 104 cm³/mol. The quantitative estimate of drug-likeness (QED) is 0.722. The first-order valence-electron chi connectivity index (χ1n) is 8.94. The topological polar surface area (TPSA) is 41.9 Å². The van der Waals surface area contributed by atoms with Gasteiger partial charge in [0.1, 0.15) is 5.82 Å². The first-order chi connectivity index (χ1) is 12.9. The van der Waals surface area contributed by atoms with Crippen molar-refractivity contribution < 1.29 is 14.0 Å². The number of amides is 1. The molecule has 0 spiro atoms. The number of carbonyl (C=O) groups excluding carboxylic acids is 1. The van der Waals surface area contributed by atoms with Crippen molar-refractivity contribution in [1.29, 1.82) is 0 Å². The smallest absolute Gasteiger partial charge is 0.225 e. The first kappa shape index (κ1) is 19.4. The first-order valence-corrected chi connectivity index (χ1v) is 9.32. The van der Waals surface area contributed by atoms with E-state index in [-0.39, 0.29) is 23.7 Å². The zero-order valence-corrected chi connectivity index (χ0v) is 16.1. The Morgan fingerprint density at radius 3 is 2.70 bits per heavy atom. The number of benzene rings is 2. The van der Waals surface area contributed by atoms with E-state index in [1.165, 1.54) is 12.1 Å². The molecule has 0 aliphatic carbocycles. The Morgan fingerprint density at radius 1 is 1.30 bits per heavy atom. The number of carbonyl (C=O) groups is 1. The number of halogens is 2. The van der Waals surface area contributed by atoms with Crippen molar-refractivity contribution in [3.05, 3.63) is 70.5 Å². The Balaban J connectivity index is 1.68. The zero-order chi connectivity index (χ0) is 19.4. The van der Waals surface area contributed by atoms with Gasteiger partial charge in [0.15, 0.2) is 6.10 Å². The molecule has 0 N–H and O–H groups in total. The summed E-state index contributed by atoms with van der Waals surface area (Å²) >= 11 is 5.93. The van der Waals surface area contributed by atoms with Crippen LogP contribution in [0.3, 0.4) is 0 Å². The van der Waals surface area contributed by atoms with E-state index < -0.39 is 0 Å². The molecule has 0 saturated heterocycles. The molecule has 1 aliphatic heterocycles. The third-order valence-corrected chi connectivity index (χ3v) is 4.65. The molecular formula is C21H22ClFN2O2. The second-order valence-corrected chi connectivity index (χ2v) is 7.42. The summed E-state index contributed by atoms with van der Waals surface area (Å²) in [4.78, 5) is 19.9. The van der Waals surface area contributed by atoms with Gasteiger partial charge in [-0.15, -0.1) is 0 Å². The van der Waals surface area contributed by atoms with Crippen LogP contribution in [0.15, 0.2) is 53.7 Å². The average molecular weight is 389 g/mol. The van der Waals surface area contributed by atoms with E-state index in [9.17, 15) is 9.18 Å². The van der Waals surface area contributed by atoms with Crippen LogP contribution < -0.4 is 0 Å². The van der Waals surface area contributed by atoms with Crippen molar-refractivity contribution in [2.75, 3.05) is 6.54 Å². The van der Waals surface area contributed by atoms with Gasteiger partial charge in [-0.05, 0) is 35.4 Å². The van der Waals surface area contributed by atoms with E-state index in [0.29, 0.717) is 24.5 Å². The summed E-state index contributed by atoms with van der Waals surface area (Å²) in [5.74, 6) is -0.464. The summed E-state index contributed by atoms with van der Waals surface area (Å²) < 4.78 is 13.5. The monoisotopic (exact) mass is 388 g/mol. The highest BCUT2D eigenvalue weighted by molar-refractivity contribution is 6.30. The Kier molecular flexibility index (Phi) is 6.11. The third-order valence-electron chi connectivity index (χ3n) is 4.40. The van der Waals surface area contributed by atoms with E-state index in [4.69, 9.17) is 16.4 Å². The molecule has 6 heteroatoms. The fourth-order valence-corrected chi connectivity index (χ4v) is 3.16. The van der Waals surface area contributed by atoms with Crippen molar-refractivity contribution in [1.82, 2.24) is 4.90 Å². The van der Waals surface area contributed by atoms with Crippen LogP contribution in [-0.2, 0) is 16.2 Å². The molecular weight excluding hydrogens is 367 g/mol. The van der Waals surface area contributed by atoms with Gasteiger partial charge in [0.2, 0.25) is 5.91 Å². The van der Waals surface area contributed by atoms with Crippen molar-refractivity contribution >= 4 is 23.2 Å². The van der Waals surface area contributed by atoms with Crippen LogP contribution in [0.25, 0.3) is 0 Å². The van der Waals surface area contributed by atoms with Gasteiger partial charge in [0.05, 0.1) is 12.3 Å². The largest absolute Gasteiger partial charge is 0.390 e. The molecule has 3 rings (SSSR count). The molecule has 0 aromatic heterocycles. The van der Waals surface area contributed by atoms with Crippen LogP contribution >= 0.6 is 11.6 Å². The molecule has 1 amide bonds. The van der Waals surface area contributed by atoms with Gasteiger partial charge in [-0.25, -0.2) is 4.39 Å². The molecule has 4 nitrogen and oxygen atoms in total. The van der Waals surface area contributed by atoms with E-state index in [2.05, 4.69) is 5.16 Å². The summed E-state index contributed by atoms with van der Waals surface area (Å²) in [5, 5.41) is 4.84. The van der Waals surface area contributed by atoms with Crippen LogP contribution in [-0.4, -0.2) is 29.2 Å². The summed E-state index contributed by atoms with van der Waals surface area (Å²) in [6.45, 7) is 4.44. The minimum atomic E-state index is -0.310. The Hall–Kier alpha value is -2.40. The summed E-state index contributed by atoms with van der Waals surface area (Å²) in [7, 11) is 0. The Labute approximate surface area is 163 Å². The lowest BCUT2D eigenvalue weighted by Gasteiger charge is -2.26. The molecule has 0 bridgehead atoms. The Bertz CT molecular complexity index is 836. The molecule has 0 radical (unpaired) electrons. The zero-order valence-electron chi connectivity index (χ0n) is 15.4. The molecule has 0 fully saturated rings. The van der Waals surface area contributed by atoms with Gasteiger partial charge in [-0.2, -0.15) is 0 Å². The van der Waals surface area contributed by atoms with Gasteiger partial charge in [0.25, 0.3) is 0 Å². The highest BCUT2D eigenvalue weighted by Gasteiger charge is 2.27. The van der Waals surface area contributed by atoms with Crippen molar-refractivity contribution in [3.8, 4) is 0 Å². The minimum Gasteiger partial charge on any atom is -0.390 e. The van der Waals surface area contributed by atoms with Gasteiger partial charge in [-0.3, -0.25) is 4.79 Å². The van der Waals surface area contributed by atoms with Gasteiger partial charge in [-0.1, -0.05) is 54.9 Å². The molecule has 27 heavy (non-hydrogen) atoms. The number of rotatable bonds is 6. The van der Waals surface area contributed by atoms with E-state index in [1.807, 2.05) is 44.2 Å². The minimum absolute atomic E-state index is 0.00260. The van der Waals surface area contributed by atoms with Crippen molar-refractivity contribution in [2.45, 2.75) is 32.9 Å². The SMILES string of the molecule is CC(C)C(=O)N(Cc1cccc(F)c1)C[C@@H]1CC(c2ccc(Cl)cc2)=NO1. The van der Waals surface area contributed by atoms with Crippen LogP contribution in [0, 0.1) is 11.7 Å². The second-order valence-electron chi connectivity index (χ2n) is 6.98. The normalized spacial score (nSPS) is 16.2. The molecule has 1 heterocycles. The van der Waals surface area contributed by atoms with Crippen molar-refractivity contribution in [3.63, 3.8) is 0 Å². The summed E-state index contributed by atoms with van der Waals surface area (Å²) in [6.07, 6.45) is 0.374. The maximum absolute atomic E-state index is 13.5. The number of nitrogens with zero attached hydrogens (tertiary/aromatic N) is 2. The molecule has 0 saturated carbocycles. The lowest BCUT2D eigenvalue weighted by Crippen LogP contribution is -2.39. The van der Waals surface area contributed by atoms with Gasteiger partial charge < -0.3 is 9.74 Å². The maximum atomic E-state index is 13.5. The van der Waals surface area contributed by atoms with E-state index >= 15 is 0 Å². The highest BCUT2D eigenvalue weighted by atomic mass is 35.5. The number of hydrogen-bond donors (Lipinski definition) is 0. The third kappa shape index (κ3) is 5.07. The van der Waals surface area contributed by atoms with E-state index in [1.54, 1.807) is 11.0 Å². The summed E-state index contributed by atoms with van der Waals surface area (Å²) in [6, 6.07) is 13.7. The van der Waals surface area contributed by atoms with Crippen molar-refractivity contribution in [2.24, 2.45) is 11.1 Å². The average Bonchev–Trinajstić information content (AvgIpc) is 3.09. The fraction of sp³-hybridized carbons (Fsp3) is 0.333. The molecule has 1 aliphatic rings. The standard InChI is InChI=1S/C21H22ClFN2O2/c1-14(2)21(26)25(12-15-4-3-5-18(23)10-15)13-19-11-20(24-27-19)16-6-8-17(22)9-7-16/h3-10,14,19H,11-13H2,1-2H3/t19-/m0/s1. The molecule has 0 unspecified atom stereocenters. The highest BCUT2D eigenvalue weighted by Crippen LogP contribution is 2.21. The van der Waals surface area contributed by atoms with Gasteiger partial charge in [0, 0.05) is 23.9 Å². The van der Waals surface area contributed by atoms with Crippen LogP contribution in [0.5, 0.6) is 0 Å². The van der Waals surface area contributed by atoms with Gasteiger partial charge >= 0.3 is 0 Å². The lowest BCUT2D eigenvalue weighted by molar-refractivity contribution is -0.137. The van der Waals surface area contributed by atoms with E-state index in [0.717, 1.165) is 16.8 Å². The molecule has 2 aromatic carbocycles. The summed E-state index contributed by atoms with van der Waals surface area (Å²) in [5.41, 5.74) is 2.54. The fourth-order valence-electron chi connectivity index (χ4n) is 3.04. The molecule has 2 aromatic rings. The Morgan fingerprint density at radius 2 is 2.04 bits per heavy atom. The predicted octanol–water partition coefficient (Wildman–Crippen LogP) is 4.66. The van der Waals surface area contributed by atoms with Crippen LogP contribution in [0.1, 0.15) is 31.4 Å². The lowest BCUT2D eigenvalue weighted by atomic mass is 10.0. The maximum Gasteiger partial charge on any atom is 0.225 e.